The number of nitrogens with zero attached hydrogens (tertiary/aromatic N) is 2. The fourth-order valence-corrected chi connectivity index (χ4v) is 2.41. The molecule has 27 heavy (non-hydrogen) atoms. The number of hydrogen-bond donors (Lipinski definition) is 0. The summed E-state index contributed by atoms with van der Waals surface area (Å²) in [6.07, 6.45) is 7.20. The standard InChI is InChI=1S/C20H20F4N2O/c1-2-3-4-5-14-6-8-15(9-7-14)12-25-26-13-16-10-17(21)19(18(22)11-16)27-20(23)24/h6-13,20H,2-5H2,1H3/b25-12+,26-13+. The molecule has 0 aliphatic carbocycles. The summed E-state index contributed by atoms with van der Waals surface area (Å²) in [6, 6.07) is 9.54. The second kappa shape index (κ2) is 10.4. The lowest BCUT2D eigenvalue weighted by Crippen LogP contribution is -2.06. The zero-order valence-electron chi connectivity index (χ0n) is 14.8. The number of unbranched alkanes of at least 4 members (excludes halogenated alkanes) is 2. The molecule has 0 atom stereocenters. The summed E-state index contributed by atoms with van der Waals surface area (Å²) in [5.41, 5.74) is 2.13. The monoisotopic (exact) mass is 380 g/mol. The highest BCUT2D eigenvalue weighted by molar-refractivity contribution is 5.82. The number of ether oxygens (including phenoxy) is 1. The van der Waals surface area contributed by atoms with Crippen LogP contribution in [-0.2, 0) is 6.42 Å². The van der Waals surface area contributed by atoms with Crippen molar-refractivity contribution in [2.24, 2.45) is 10.2 Å². The fourth-order valence-electron chi connectivity index (χ4n) is 2.41. The quantitative estimate of drug-likeness (QED) is 0.236. The summed E-state index contributed by atoms with van der Waals surface area (Å²) in [4.78, 5) is 0. The molecule has 0 saturated carbocycles. The molecule has 0 aliphatic heterocycles. The molecule has 2 aromatic carbocycles. The van der Waals surface area contributed by atoms with Gasteiger partial charge in [0.05, 0.1) is 12.4 Å². The number of alkyl halides is 2. The zero-order chi connectivity index (χ0) is 19.6. The van der Waals surface area contributed by atoms with Crippen LogP contribution in [0.25, 0.3) is 0 Å². The van der Waals surface area contributed by atoms with E-state index in [1.54, 1.807) is 0 Å². The van der Waals surface area contributed by atoms with Crippen LogP contribution < -0.4 is 4.74 Å². The van der Waals surface area contributed by atoms with E-state index in [2.05, 4.69) is 21.9 Å². The number of aryl methyl sites for hydroxylation is 1. The minimum absolute atomic E-state index is 0.0371. The van der Waals surface area contributed by atoms with Crippen LogP contribution in [0.1, 0.15) is 42.9 Å². The van der Waals surface area contributed by atoms with E-state index in [1.165, 1.54) is 24.6 Å². The van der Waals surface area contributed by atoms with Gasteiger partial charge in [0.2, 0.25) is 0 Å². The van der Waals surface area contributed by atoms with Crippen molar-refractivity contribution in [2.45, 2.75) is 39.2 Å². The Kier molecular flexibility index (Phi) is 7.98. The van der Waals surface area contributed by atoms with Gasteiger partial charge in [-0.2, -0.15) is 19.0 Å². The van der Waals surface area contributed by atoms with Gasteiger partial charge < -0.3 is 4.74 Å². The van der Waals surface area contributed by atoms with Crippen molar-refractivity contribution < 1.29 is 22.3 Å². The lowest BCUT2D eigenvalue weighted by molar-refractivity contribution is -0.0546. The van der Waals surface area contributed by atoms with Crippen molar-refractivity contribution in [3.05, 3.63) is 64.7 Å². The van der Waals surface area contributed by atoms with Gasteiger partial charge in [0.15, 0.2) is 17.4 Å². The molecule has 2 rings (SSSR count). The molecule has 0 aromatic heterocycles. The molecular formula is C20H20F4N2O. The number of benzene rings is 2. The van der Waals surface area contributed by atoms with Crippen molar-refractivity contribution in [2.75, 3.05) is 0 Å². The minimum Gasteiger partial charge on any atom is -0.429 e. The predicted molar refractivity (Wildman–Crippen MR) is 97.8 cm³/mol. The van der Waals surface area contributed by atoms with Gasteiger partial charge in [0, 0.05) is 5.56 Å². The van der Waals surface area contributed by atoms with Gasteiger partial charge in [0.1, 0.15) is 0 Å². The molecule has 0 aliphatic rings. The Hall–Kier alpha value is -2.70. The maximum absolute atomic E-state index is 13.6. The molecule has 0 amide bonds. The van der Waals surface area contributed by atoms with Crippen molar-refractivity contribution in [1.82, 2.24) is 0 Å². The molecule has 0 radical (unpaired) electrons. The first-order valence-corrected chi connectivity index (χ1v) is 8.58. The SMILES string of the molecule is CCCCCc1ccc(/C=N/N=C/c2cc(F)c(OC(F)F)c(F)c2)cc1. The molecule has 0 unspecified atom stereocenters. The highest BCUT2D eigenvalue weighted by atomic mass is 19.3. The van der Waals surface area contributed by atoms with Gasteiger partial charge in [-0.15, -0.1) is 0 Å². The van der Waals surface area contributed by atoms with E-state index in [0.717, 1.165) is 36.8 Å². The van der Waals surface area contributed by atoms with E-state index in [0.29, 0.717) is 0 Å². The molecule has 0 saturated heterocycles. The molecule has 0 spiro atoms. The smallest absolute Gasteiger partial charge is 0.387 e. The lowest BCUT2D eigenvalue weighted by atomic mass is 10.1. The lowest BCUT2D eigenvalue weighted by Gasteiger charge is -2.07. The van der Waals surface area contributed by atoms with Crippen LogP contribution in [-0.4, -0.2) is 19.0 Å². The van der Waals surface area contributed by atoms with Gasteiger partial charge in [-0.05, 0) is 36.1 Å². The molecular weight excluding hydrogens is 360 g/mol. The van der Waals surface area contributed by atoms with Crippen LogP contribution in [0.15, 0.2) is 46.6 Å². The van der Waals surface area contributed by atoms with E-state index < -0.39 is 24.0 Å². The predicted octanol–water partition coefficient (Wildman–Crippen LogP) is 5.75. The summed E-state index contributed by atoms with van der Waals surface area (Å²) in [5.74, 6) is -3.59. The van der Waals surface area contributed by atoms with Crippen molar-refractivity contribution in [3.8, 4) is 5.75 Å². The largest absolute Gasteiger partial charge is 0.429 e. The molecule has 144 valence electrons. The van der Waals surface area contributed by atoms with E-state index in [4.69, 9.17) is 0 Å². The summed E-state index contributed by atoms with van der Waals surface area (Å²) < 4.78 is 55.2. The third-order valence-corrected chi connectivity index (χ3v) is 3.76. The van der Waals surface area contributed by atoms with Crippen LogP contribution in [0, 0.1) is 11.6 Å². The van der Waals surface area contributed by atoms with E-state index >= 15 is 0 Å². The summed E-state index contributed by atoms with van der Waals surface area (Å²) in [5, 5.41) is 7.54. The molecule has 7 heteroatoms. The van der Waals surface area contributed by atoms with Gasteiger partial charge in [0.25, 0.3) is 0 Å². The maximum Gasteiger partial charge on any atom is 0.387 e. The normalized spacial score (nSPS) is 11.8. The summed E-state index contributed by atoms with van der Waals surface area (Å²) >= 11 is 0. The van der Waals surface area contributed by atoms with E-state index in [9.17, 15) is 17.6 Å². The maximum atomic E-state index is 13.6. The first-order valence-electron chi connectivity index (χ1n) is 8.58. The van der Waals surface area contributed by atoms with Gasteiger partial charge >= 0.3 is 6.61 Å². The fraction of sp³-hybridized carbons (Fsp3) is 0.300. The third kappa shape index (κ3) is 6.84. The van der Waals surface area contributed by atoms with Crippen LogP contribution in [0.3, 0.4) is 0 Å². The Balaban J connectivity index is 1.96. The third-order valence-electron chi connectivity index (χ3n) is 3.76. The number of rotatable bonds is 9. The molecule has 0 heterocycles. The van der Waals surface area contributed by atoms with Gasteiger partial charge in [-0.25, -0.2) is 8.78 Å². The first kappa shape index (κ1) is 20.6. The number of hydrogen-bond acceptors (Lipinski definition) is 3. The molecule has 3 nitrogen and oxygen atoms in total. The first-order chi connectivity index (χ1) is 13.0. The summed E-state index contributed by atoms with van der Waals surface area (Å²) in [7, 11) is 0. The molecule has 0 fully saturated rings. The van der Waals surface area contributed by atoms with E-state index in [1.807, 2.05) is 24.3 Å². The zero-order valence-corrected chi connectivity index (χ0v) is 14.8. The van der Waals surface area contributed by atoms with Crippen LogP contribution in [0.2, 0.25) is 0 Å². The van der Waals surface area contributed by atoms with Crippen molar-refractivity contribution >= 4 is 12.4 Å². The van der Waals surface area contributed by atoms with Crippen molar-refractivity contribution in [3.63, 3.8) is 0 Å². The summed E-state index contributed by atoms with van der Waals surface area (Å²) in [6.45, 7) is -1.15. The van der Waals surface area contributed by atoms with Gasteiger partial charge in [-0.3, -0.25) is 0 Å². The number of halogens is 4. The second-order valence-corrected chi connectivity index (χ2v) is 5.88. The van der Waals surface area contributed by atoms with Crippen molar-refractivity contribution in [1.29, 1.82) is 0 Å². The second-order valence-electron chi connectivity index (χ2n) is 5.88. The van der Waals surface area contributed by atoms with E-state index in [-0.39, 0.29) is 5.56 Å². The van der Waals surface area contributed by atoms with Gasteiger partial charge in [-0.1, -0.05) is 44.0 Å². The Labute approximate surface area is 155 Å². The highest BCUT2D eigenvalue weighted by Crippen LogP contribution is 2.24. The molecule has 2 aromatic rings. The van der Waals surface area contributed by atoms with Crippen LogP contribution in [0.4, 0.5) is 17.6 Å². The average Bonchev–Trinajstić information content (AvgIpc) is 2.63. The Bertz CT molecular complexity index is 766. The average molecular weight is 380 g/mol. The Morgan fingerprint density at radius 1 is 0.926 bits per heavy atom. The Morgan fingerprint density at radius 3 is 2.07 bits per heavy atom. The van der Waals surface area contributed by atoms with Crippen LogP contribution in [0.5, 0.6) is 5.75 Å². The molecule has 0 bridgehead atoms. The topological polar surface area (TPSA) is 34.0 Å². The highest BCUT2D eigenvalue weighted by Gasteiger charge is 2.16. The molecule has 0 N–H and O–H groups in total. The minimum atomic E-state index is -3.31. The Morgan fingerprint density at radius 2 is 1.52 bits per heavy atom. The van der Waals surface area contributed by atoms with Crippen LogP contribution >= 0.6 is 0 Å².